The van der Waals surface area contributed by atoms with Gasteiger partial charge in [0.1, 0.15) is 12.4 Å². The largest absolute Gasteiger partial charge is 0.465 e. The minimum Gasteiger partial charge on any atom is -0.465 e. The van der Waals surface area contributed by atoms with Crippen molar-refractivity contribution in [3.8, 4) is 5.75 Å². The molecule has 0 aromatic heterocycles. The summed E-state index contributed by atoms with van der Waals surface area (Å²) in [6.07, 6.45) is 6.40. The van der Waals surface area contributed by atoms with Crippen LogP contribution in [0.5, 0.6) is 5.75 Å². The van der Waals surface area contributed by atoms with Crippen molar-refractivity contribution in [2.24, 2.45) is 11.8 Å². The Morgan fingerprint density at radius 1 is 0.972 bits per heavy atom. The quantitative estimate of drug-likeness (QED) is 0.469. The predicted octanol–water partition coefficient (Wildman–Crippen LogP) is 6.08. The number of likely N-dealkylation sites (tertiary alicyclic amines) is 1. The third-order valence-corrected chi connectivity index (χ3v) is 7.89. The summed E-state index contributed by atoms with van der Waals surface area (Å²) < 4.78 is 17.4. The van der Waals surface area contributed by atoms with Gasteiger partial charge in [-0.25, -0.2) is 4.79 Å². The molecule has 0 saturated carbocycles. The fourth-order valence-corrected chi connectivity index (χ4v) is 5.97. The lowest BCUT2D eigenvalue weighted by Crippen LogP contribution is -2.49. The fraction of sp³-hybridized carbons (Fsp3) is 0.567. The Hall–Kier alpha value is -2.73. The number of nitrogens with zero attached hydrogens (tertiary/aromatic N) is 2. The molecule has 3 saturated heterocycles. The number of carbonyl (C=O) groups is 1. The zero-order valence-electron chi connectivity index (χ0n) is 21.8. The van der Waals surface area contributed by atoms with Gasteiger partial charge in [0.05, 0.1) is 6.61 Å². The molecule has 0 bridgehead atoms. The Balaban J connectivity index is 1.04. The molecule has 3 aliphatic heterocycles. The summed E-state index contributed by atoms with van der Waals surface area (Å²) in [5, 5.41) is 0. The Labute approximate surface area is 215 Å². The van der Waals surface area contributed by atoms with Gasteiger partial charge in [-0.1, -0.05) is 30.3 Å². The van der Waals surface area contributed by atoms with Crippen LogP contribution in [-0.2, 0) is 16.1 Å². The lowest BCUT2D eigenvalue weighted by Gasteiger charge is -2.45. The molecule has 2 aromatic carbocycles. The molecule has 36 heavy (non-hydrogen) atoms. The molecule has 6 nitrogen and oxygen atoms in total. The SMILES string of the molecule is Cc1cc(OC2CCCCO2)cc(C)c1N1CC(CC2CCN(C(=O)OCc3ccccc3)CC2)C1. The average molecular weight is 493 g/mol. The van der Waals surface area contributed by atoms with Gasteiger partial charge in [-0.15, -0.1) is 0 Å². The van der Waals surface area contributed by atoms with Gasteiger partial charge >= 0.3 is 6.09 Å². The maximum Gasteiger partial charge on any atom is 0.410 e. The van der Waals surface area contributed by atoms with Crippen LogP contribution >= 0.6 is 0 Å². The number of amides is 1. The molecule has 1 atom stereocenters. The highest BCUT2D eigenvalue weighted by atomic mass is 16.7. The Bertz CT molecular complexity index is 984. The molecule has 3 heterocycles. The van der Waals surface area contributed by atoms with Gasteiger partial charge in [-0.2, -0.15) is 0 Å². The second kappa shape index (κ2) is 11.5. The molecule has 3 fully saturated rings. The van der Waals surface area contributed by atoms with Gasteiger partial charge in [0, 0.05) is 38.3 Å². The van der Waals surface area contributed by atoms with E-state index < -0.39 is 0 Å². The molecule has 194 valence electrons. The molecular formula is C30H40N2O4. The third-order valence-electron chi connectivity index (χ3n) is 7.89. The van der Waals surface area contributed by atoms with Crippen LogP contribution in [0.1, 0.15) is 55.2 Å². The van der Waals surface area contributed by atoms with Crippen molar-refractivity contribution in [1.82, 2.24) is 4.90 Å². The van der Waals surface area contributed by atoms with E-state index in [9.17, 15) is 4.79 Å². The van der Waals surface area contributed by atoms with Crippen LogP contribution in [0, 0.1) is 25.7 Å². The van der Waals surface area contributed by atoms with Crippen molar-refractivity contribution in [1.29, 1.82) is 0 Å². The summed E-state index contributed by atoms with van der Waals surface area (Å²) in [6.45, 7) is 9.37. The van der Waals surface area contributed by atoms with Gasteiger partial charge in [0.2, 0.25) is 0 Å². The molecule has 0 N–H and O–H groups in total. The van der Waals surface area contributed by atoms with E-state index in [1.807, 2.05) is 35.2 Å². The molecule has 6 heteroatoms. The summed E-state index contributed by atoms with van der Waals surface area (Å²) in [7, 11) is 0. The number of benzene rings is 2. The summed E-state index contributed by atoms with van der Waals surface area (Å²) in [4.78, 5) is 16.8. The van der Waals surface area contributed by atoms with Crippen LogP contribution < -0.4 is 9.64 Å². The van der Waals surface area contributed by atoms with Gasteiger partial charge in [-0.05, 0) is 86.6 Å². The summed E-state index contributed by atoms with van der Waals surface area (Å²) in [6, 6.07) is 14.2. The van der Waals surface area contributed by atoms with E-state index in [0.29, 0.717) is 12.5 Å². The van der Waals surface area contributed by atoms with Crippen LogP contribution in [0.25, 0.3) is 0 Å². The van der Waals surface area contributed by atoms with E-state index in [2.05, 4.69) is 30.9 Å². The van der Waals surface area contributed by atoms with Crippen LogP contribution in [0.2, 0.25) is 0 Å². The van der Waals surface area contributed by atoms with E-state index in [4.69, 9.17) is 14.2 Å². The maximum absolute atomic E-state index is 12.4. The van der Waals surface area contributed by atoms with Gasteiger partial charge in [-0.3, -0.25) is 0 Å². The normalized spacial score (nSPS) is 21.2. The summed E-state index contributed by atoms with van der Waals surface area (Å²) >= 11 is 0. The van der Waals surface area contributed by atoms with Crippen molar-refractivity contribution in [2.75, 3.05) is 37.7 Å². The zero-order chi connectivity index (χ0) is 24.9. The number of hydrogen-bond donors (Lipinski definition) is 0. The number of ether oxygens (including phenoxy) is 3. The van der Waals surface area contributed by atoms with Crippen molar-refractivity contribution in [2.45, 2.75) is 65.3 Å². The minimum atomic E-state index is -0.180. The van der Waals surface area contributed by atoms with Crippen molar-refractivity contribution >= 4 is 11.8 Å². The molecular weight excluding hydrogens is 452 g/mol. The van der Waals surface area contributed by atoms with Gasteiger partial charge < -0.3 is 24.0 Å². The predicted molar refractivity (Wildman–Crippen MR) is 141 cm³/mol. The Morgan fingerprint density at radius 2 is 1.69 bits per heavy atom. The van der Waals surface area contributed by atoms with E-state index >= 15 is 0 Å². The minimum absolute atomic E-state index is 0.103. The van der Waals surface area contributed by atoms with E-state index in [0.717, 1.165) is 75.7 Å². The number of anilines is 1. The second-order valence-corrected chi connectivity index (χ2v) is 10.8. The molecule has 2 aromatic rings. The highest BCUT2D eigenvalue weighted by Gasteiger charge is 2.33. The molecule has 3 aliphatic rings. The van der Waals surface area contributed by atoms with Crippen LogP contribution in [0.3, 0.4) is 0 Å². The Kier molecular flexibility index (Phi) is 8.00. The van der Waals surface area contributed by atoms with E-state index in [1.165, 1.54) is 29.7 Å². The Morgan fingerprint density at radius 3 is 2.36 bits per heavy atom. The lowest BCUT2D eigenvalue weighted by atomic mass is 9.83. The highest BCUT2D eigenvalue weighted by Crippen LogP contribution is 2.37. The third kappa shape index (κ3) is 6.15. The molecule has 0 spiro atoms. The first-order chi connectivity index (χ1) is 17.5. The van der Waals surface area contributed by atoms with Crippen molar-refractivity contribution < 1.29 is 19.0 Å². The fourth-order valence-electron chi connectivity index (χ4n) is 5.97. The lowest BCUT2D eigenvalue weighted by molar-refractivity contribution is -0.105. The number of hydrogen-bond acceptors (Lipinski definition) is 5. The van der Waals surface area contributed by atoms with Gasteiger partial charge in [0.25, 0.3) is 0 Å². The maximum atomic E-state index is 12.4. The number of carbonyl (C=O) groups excluding carboxylic acids is 1. The number of aryl methyl sites for hydroxylation is 2. The zero-order valence-corrected chi connectivity index (χ0v) is 21.8. The van der Waals surface area contributed by atoms with Crippen LogP contribution in [-0.4, -0.2) is 50.1 Å². The number of rotatable bonds is 7. The number of piperidine rings is 1. The van der Waals surface area contributed by atoms with Crippen molar-refractivity contribution in [3.63, 3.8) is 0 Å². The smallest absolute Gasteiger partial charge is 0.410 e. The van der Waals surface area contributed by atoms with Gasteiger partial charge in [0.15, 0.2) is 6.29 Å². The highest BCUT2D eigenvalue weighted by molar-refractivity contribution is 5.67. The first-order valence-electron chi connectivity index (χ1n) is 13.6. The summed E-state index contributed by atoms with van der Waals surface area (Å²) in [5.41, 5.74) is 4.95. The molecule has 1 amide bonds. The van der Waals surface area contributed by atoms with Crippen LogP contribution in [0.15, 0.2) is 42.5 Å². The molecule has 1 unspecified atom stereocenters. The monoisotopic (exact) mass is 492 g/mol. The van der Waals surface area contributed by atoms with E-state index in [1.54, 1.807) is 0 Å². The first-order valence-corrected chi connectivity index (χ1v) is 13.6. The van der Waals surface area contributed by atoms with E-state index in [-0.39, 0.29) is 12.4 Å². The standard InChI is InChI=1S/C30H40N2O4/c1-22-16-27(36-28-10-6-7-15-34-28)17-23(2)29(22)32-19-26(20-32)18-24-11-13-31(14-12-24)30(33)35-21-25-8-4-3-5-9-25/h3-5,8-9,16-17,24,26,28H,6-7,10-15,18-21H2,1-2H3. The first kappa shape index (κ1) is 24.9. The van der Waals surface area contributed by atoms with Crippen molar-refractivity contribution in [3.05, 3.63) is 59.2 Å². The summed E-state index contributed by atoms with van der Waals surface area (Å²) in [5.74, 6) is 2.35. The molecule has 0 aliphatic carbocycles. The van der Waals surface area contributed by atoms with Crippen LogP contribution in [0.4, 0.5) is 10.5 Å². The molecule has 0 radical (unpaired) electrons. The topological polar surface area (TPSA) is 51.2 Å². The molecule has 5 rings (SSSR count). The average Bonchev–Trinajstić information content (AvgIpc) is 2.87. The second-order valence-electron chi connectivity index (χ2n) is 10.8.